The second-order valence-corrected chi connectivity index (χ2v) is 10.9. The third kappa shape index (κ3) is 2.84. The monoisotopic (exact) mass is 536 g/mol. The van der Waals surface area contributed by atoms with Crippen LogP contribution in [0.5, 0.6) is 17.2 Å². The summed E-state index contributed by atoms with van der Waals surface area (Å²) in [5.74, 6) is -4.79. The number of halogens is 2. The molecular weight excluding hydrogens is 511 g/mol. The molecule has 1 N–H and O–H groups in total. The third-order valence-corrected chi connectivity index (χ3v) is 9.67. The van der Waals surface area contributed by atoms with Gasteiger partial charge in [0.2, 0.25) is 17.6 Å². The van der Waals surface area contributed by atoms with E-state index in [1.165, 1.54) is 38.3 Å². The van der Waals surface area contributed by atoms with Crippen LogP contribution in [-0.2, 0) is 19.2 Å². The van der Waals surface area contributed by atoms with Gasteiger partial charge >= 0.3 is 0 Å². The lowest BCUT2D eigenvalue weighted by Gasteiger charge is -2.50. The highest BCUT2D eigenvalue weighted by molar-refractivity contribution is 6.53. The average molecular weight is 537 g/mol. The van der Waals surface area contributed by atoms with Crippen molar-refractivity contribution in [3.63, 3.8) is 0 Å². The summed E-state index contributed by atoms with van der Waals surface area (Å²) in [5, 5.41) is 10.5. The molecule has 2 aliphatic heterocycles. The number of likely N-dealkylation sites (tertiary alicyclic amines) is 2. The van der Waals surface area contributed by atoms with Crippen LogP contribution in [0, 0.1) is 17.8 Å². The smallest absolute Gasteiger partial charge is 0.253 e. The molecule has 0 spiro atoms. The van der Waals surface area contributed by atoms with E-state index in [0.717, 1.165) is 4.90 Å². The van der Waals surface area contributed by atoms with Crippen LogP contribution in [0.15, 0.2) is 23.8 Å². The third-order valence-electron chi connectivity index (χ3n) is 8.26. The Balaban J connectivity index is 1.77. The fourth-order valence-electron chi connectivity index (χ4n) is 6.58. The summed E-state index contributed by atoms with van der Waals surface area (Å²) in [4.78, 5) is 51.7. The first kappa shape index (κ1) is 24.9. The number of hydrogen-bond donors (Lipinski definition) is 1. The van der Waals surface area contributed by atoms with Gasteiger partial charge in [0.05, 0.1) is 26.1 Å². The van der Waals surface area contributed by atoms with Gasteiger partial charge < -0.3 is 14.6 Å². The Morgan fingerprint density at radius 2 is 1.64 bits per heavy atom. The van der Waals surface area contributed by atoms with Crippen molar-refractivity contribution in [2.45, 2.75) is 35.4 Å². The fourth-order valence-corrected chi connectivity index (χ4v) is 7.59. The van der Waals surface area contributed by atoms with Gasteiger partial charge in [0.1, 0.15) is 0 Å². The van der Waals surface area contributed by atoms with E-state index in [1.54, 1.807) is 6.92 Å². The van der Waals surface area contributed by atoms with Crippen molar-refractivity contribution in [3.8, 4) is 17.2 Å². The molecule has 4 amide bonds. The second-order valence-electron chi connectivity index (χ2n) is 9.69. The molecule has 1 saturated carbocycles. The van der Waals surface area contributed by atoms with Crippen molar-refractivity contribution in [1.82, 2.24) is 9.80 Å². The first-order valence-corrected chi connectivity index (χ1v) is 12.4. The highest BCUT2D eigenvalue weighted by atomic mass is 35.5. The first-order chi connectivity index (χ1) is 17.0. The summed E-state index contributed by atoms with van der Waals surface area (Å²) in [6, 6.07) is 3.05. The van der Waals surface area contributed by atoms with Crippen molar-refractivity contribution in [2.75, 3.05) is 27.8 Å². The maximum atomic E-state index is 13.6. The topological polar surface area (TPSA) is 113 Å². The number of hydrogen-bond acceptors (Lipinski definition) is 7. The van der Waals surface area contributed by atoms with Gasteiger partial charge in [-0.05, 0) is 43.4 Å². The van der Waals surface area contributed by atoms with Gasteiger partial charge in [-0.25, -0.2) is 0 Å². The normalized spacial score (nSPS) is 35.4. The Bertz CT molecular complexity index is 1220. The molecule has 2 aliphatic carbocycles. The Morgan fingerprint density at radius 3 is 2.19 bits per heavy atom. The number of phenols is 1. The van der Waals surface area contributed by atoms with Gasteiger partial charge in [-0.1, -0.05) is 11.6 Å². The number of alkyl halides is 2. The standard InChI is InChI=1S/C25H26Cl2N2O7/c1-5-29-20(31)13-7-6-12-14(17(13)21(29)32)10-24(26)22(33)28(2)23(34)25(24,27)18(12)11-8-15(35-3)19(30)16(9-11)36-4/h6,8-9,13-14,17-18,30H,5,7,10H2,1-4H3/t13-,14+,17-,18-,24+,25-/m0/s1. The molecule has 0 unspecified atom stereocenters. The van der Waals surface area contributed by atoms with E-state index in [0.29, 0.717) is 17.6 Å². The van der Waals surface area contributed by atoms with Gasteiger partial charge in [0.15, 0.2) is 21.2 Å². The number of carbonyl (C=O) groups excluding carboxylic acids is 4. The van der Waals surface area contributed by atoms with Crippen LogP contribution in [0.2, 0.25) is 0 Å². The van der Waals surface area contributed by atoms with Crippen LogP contribution >= 0.6 is 23.2 Å². The Hall–Kier alpha value is -2.78. The molecule has 192 valence electrons. The van der Waals surface area contributed by atoms with E-state index < -0.39 is 45.2 Å². The van der Waals surface area contributed by atoms with Crippen LogP contribution in [0.4, 0.5) is 0 Å². The summed E-state index contributed by atoms with van der Waals surface area (Å²) < 4.78 is 10.7. The number of ether oxygens (including phenoxy) is 2. The van der Waals surface area contributed by atoms with Gasteiger partial charge in [0.25, 0.3) is 11.8 Å². The highest BCUT2D eigenvalue weighted by Crippen LogP contribution is 2.65. The molecule has 36 heavy (non-hydrogen) atoms. The largest absolute Gasteiger partial charge is 0.502 e. The summed E-state index contributed by atoms with van der Waals surface area (Å²) in [5.41, 5.74) is 1.09. The molecule has 9 nitrogen and oxygen atoms in total. The van der Waals surface area contributed by atoms with E-state index in [1.807, 2.05) is 6.08 Å². The quantitative estimate of drug-likeness (QED) is 0.357. The highest BCUT2D eigenvalue weighted by Gasteiger charge is 2.75. The molecule has 6 atom stereocenters. The average Bonchev–Trinajstić information content (AvgIpc) is 3.18. The lowest BCUT2D eigenvalue weighted by molar-refractivity contribution is -0.141. The Morgan fingerprint density at radius 1 is 1.03 bits per heavy atom. The molecule has 2 heterocycles. The van der Waals surface area contributed by atoms with Gasteiger partial charge in [-0.3, -0.25) is 29.0 Å². The fraction of sp³-hybridized carbons (Fsp3) is 0.520. The number of methoxy groups -OCH3 is 2. The van der Waals surface area contributed by atoms with Crippen molar-refractivity contribution in [3.05, 3.63) is 29.3 Å². The van der Waals surface area contributed by atoms with E-state index >= 15 is 0 Å². The van der Waals surface area contributed by atoms with Gasteiger partial charge in [-0.2, -0.15) is 0 Å². The Labute approximate surface area is 217 Å². The maximum Gasteiger partial charge on any atom is 0.253 e. The van der Waals surface area contributed by atoms with Crippen molar-refractivity contribution >= 4 is 46.8 Å². The number of imide groups is 2. The maximum absolute atomic E-state index is 13.6. The van der Waals surface area contributed by atoms with Crippen molar-refractivity contribution < 1.29 is 33.8 Å². The SMILES string of the molecule is CCN1C(=O)[C@H]2[C@H](CC=C3[C@H]2C[C@@]2(Cl)C(=O)N(C)C(=O)[C@@]2(Cl)[C@H]3c2cc(OC)c(O)c(OC)c2)C1=O. The molecule has 2 saturated heterocycles. The molecule has 11 heteroatoms. The van der Waals surface area contributed by atoms with E-state index in [9.17, 15) is 24.3 Å². The number of aromatic hydroxyl groups is 1. The number of nitrogens with zero attached hydrogens (tertiary/aromatic N) is 2. The second kappa shape index (κ2) is 8.11. The molecule has 5 rings (SSSR count). The summed E-state index contributed by atoms with van der Waals surface area (Å²) in [7, 11) is 4.07. The summed E-state index contributed by atoms with van der Waals surface area (Å²) >= 11 is 14.2. The summed E-state index contributed by atoms with van der Waals surface area (Å²) in [6.45, 7) is 1.98. The minimum Gasteiger partial charge on any atom is -0.502 e. The Kier molecular flexibility index (Phi) is 5.61. The van der Waals surface area contributed by atoms with Crippen LogP contribution in [-0.4, -0.2) is 76.1 Å². The van der Waals surface area contributed by atoms with E-state index in [-0.39, 0.29) is 42.0 Å². The van der Waals surface area contributed by atoms with E-state index in [4.69, 9.17) is 32.7 Å². The summed E-state index contributed by atoms with van der Waals surface area (Å²) in [6.07, 6.45) is 2.07. The van der Waals surface area contributed by atoms with Crippen molar-refractivity contribution in [1.29, 1.82) is 0 Å². The lowest BCUT2D eigenvalue weighted by atomic mass is 9.56. The molecule has 0 bridgehead atoms. The minimum atomic E-state index is -1.92. The molecule has 3 fully saturated rings. The number of benzene rings is 1. The predicted octanol–water partition coefficient (Wildman–Crippen LogP) is 2.42. The number of carbonyl (C=O) groups is 4. The lowest BCUT2D eigenvalue weighted by Crippen LogP contribution is -2.60. The number of amides is 4. The van der Waals surface area contributed by atoms with Crippen LogP contribution in [0.3, 0.4) is 0 Å². The molecule has 4 aliphatic rings. The molecular formula is C25H26Cl2N2O7. The molecule has 0 aromatic heterocycles. The van der Waals surface area contributed by atoms with Gasteiger partial charge in [0, 0.05) is 19.5 Å². The zero-order valence-corrected chi connectivity index (χ0v) is 21.7. The van der Waals surface area contributed by atoms with Crippen molar-refractivity contribution in [2.24, 2.45) is 17.8 Å². The van der Waals surface area contributed by atoms with Crippen LogP contribution in [0.1, 0.15) is 31.2 Å². The molecule has 1 aromatic rings. The number of allylic oxidation sites excluding steroid dienone is 2. The zero-order chi connectivity index (χ0) is 26.3. The minimum absolute atomic E-state index is 0.0700. The first-order valence-electron chi connectivity index (χ1n) is 11.7. The van der Waals surface area contributed by atoms with Crippen LogP contribution < -0.4 is 9.47 Å². The molecule has 1 aromatic carbocycles. The zero-order valence-electron chi connectivity index (χ0n) is 20.2. The number of phenolic OH excluding ortho intramolecular Hbond substituents is 1. The predicted molar refractivity (Wildman–Crippen MR) is 129 cm³/mol. The van der Waals surface area contributed by atoms with Crippen LogP contribution in [0.25, 0.3) is 0 Å². The molecule has 0 radical (unpaired) electrons. The van der Waals surface area contributed by atoms with E-state index in [2.05, 4.69) is 0 Å². The number of rotatable bonds is 4. The number of fused-ring (bicyclic) bond motifs is 4. The van der Waals surface area contributed by atoms with Gasteiger partial charge in [-0.15, -0.1) is 23.2 Å².